The van der Waals surface area contributed by atoms with Gasteiger partial charge in [0, 0.05) is 15.7 Å². The van der Waals surface area contributed by atoms with Crippen molar-refractivity contribution >= 4 is 51.1 Å². The van der Waals surface area contributed by atoms with Crippen molar-refractivity contribution in [3.63, 3.8) is 0 Å². The van der Waals surface area contributed by atoms with E-state index in [4.69, 9.17) is 21.7 Å². The monoisotopic (exact) mass is 529 g/mol. The van der Waals surface area contributed by atoms with Gasteiger partial charge < -0.3 is 14.8 Å². The van der Waals surface area contributed by atoms with Crippen molar-refractivity contribution in [2.24, 2.45) is 5.10 Å². The normalized spacial score (nSPS) is 10.6. The summed E-state index contributed by atoms with van der Waals surface area (Å²) in [5, 5.41) is 7.20. The Morgan fingerprint density at radius 1 is 1.12 bits per heavy atom. The Morgan fingerprint density at radius 3 is 2.55 bits per heavy atom. The largest absolute Gasteiger partial charge is 0.494 e. The third kappa shape index (κ3) is 7.65. The lowest BCUT2D eigenvalue weighted by Crippen LogP contribution is -2.23. The number of hydrogen-bond donors (Lipinski definition) is 2. The van der Waals surface area contributed by atoms with Crippen molar-refractivity contribution in [3.05, 3.63) is 88.1 Å². The summed E-state index contributed by atoms with van der Waals surface area (Å²) in [5.74, 6) is 0.184. The van der Waals surface area contributed by atoms with E-state index >= 15 is 0 Å². The quantitative estimate of drug-likeness (QED) is 0.124. The third-order valence-electron chi connectivity index (χ3n) is 4.21. The number of hydrogen-bond acceptors (Lipinski definition) is 5. The van der Waals surface area contributed by atoms with Crippen LogP contribution in [0.15, 0.2) is 76.3 Å². The molecule has 33 heavy (non-hydrogen) atoms. The van der Waals surface area contributed by atoms with Crippen molar-refractivity contribution in [1.29, 1.82) is 0 Å². The van der Waals surface area contributed by atoms with Gasteiger partial charge >= 0.3 is 5.97 Å². The van der Waals surface area contributed by atoms with Gasteiger partial charge in [-0.2, -0.15) is 5.10 Å². The molecule has 170 valence electrons. The van der Waals surface area contributed by atoms with E-state index in [9.17, 15) is 9.18 Å². The third-order valence-corrected chi connectivity index (χ3v) is 4.90. The second-order valence-electron chi connectivity index (χ2n) is 6.78. The molecule has 0 saturated heterocycles. The molecule has 0 aliphatic heterocycles. The van der Waals surface area contributed by atoms with E-state index in [-0.39, 0.29) is 10.9 Å². The molecule has 0 fully saturated rings. The number of carbonyl (C=O) groups is 1. The number of ether oxygens (including phenoxy) is 2. The van der Waals surface area contributed by atoms with Gasteiger partial charge in [0.15, 0.2) is 5.11 Å². The maximum Gasteiger partial charge on any atom is 0.343 e. The van der Waals surface area contributed by atoms with Gasteiger partial charge in [0.1, 0.15) is 17.3 Å². The summed E-state index contributed by atoms with van der Waals surface area (Å²) in [6, 6.07) is 17.7. The van der Waals surface area contributed by atoms with Gasteiger partial charge in [-0.3, -0.25) is 5.43 Å². The van der Waals surface area contributed by atoms with Crippen LogP contribution in [0, 0.1) is 5.82 Å². The predicted molar refractivity (Wildman–Crippen MR) is 135 cm³/mol. The Kier molecular flexibility index (Phi) is 8.91. The lowest BCUT2D eigenvalue weighted by Gasteiger charge is -2.10. The molecule has 9 heteroatoms. The fourth-order valence-corrected chi connectivity index (χ4v) is 3.18. The van der Waals surface area contributed by atoms with Gasteiger partial charge in [0.25, 0.3) is 0 Å². The summed E-state index contributed by atoms with van der Waals surface area (Å²) < 4.78 is 24.9. The van der Waals surface area contributed by atoms with E-state index in [1.54, 1.807) is 54.6 Å². The Balaban J connectivity index is 1.64. The number of nitrogens with one attached hydrogen (secondary N) is 2. The van der Waals surface area contributed by atoms with Crippen molar-refractivity contribution in [2.45, 2.75) is 13.3 Å². The Bertz CT molecular complexity index is 1140. The molecule has 0 heterocycles. The standard InChI is InChI=1S/C24H21BrFN3O3S/c1-2-13-31-21-10-3-16(4-11-21)23(30)32-22-12-5-18(25)14-17(22)15-27-29-24(33)28-20-8-6-19(26)7-9-20/h3-12,14-15H,2,13H2,1H3,(H2,28,29,33). The average molecular weight is 530 g/mol. The molecular weight excluding hydrogens is 509 g/mol. The summed E-state index contributed by atoms with van der Waals surface area (Å²) in [7, 11) is 0. The molecule has 0 spiro atoms. The summed E-state index contributed by atoms with van der Waals surface area (Å²) >= 11 is 8.58. The van der Waals surface area contributed by atoms with E-state index < -0.39 is 5.97 Å². The van der Waals surface area contributed by atoms with Gasteiger partial charge in [-0.25, -0.2) is 9.18 Å². The molecule has 0 saturated carbocycles. The summed E-state index contributed by atoms with van der Waals surface area (Å²) in [6.45, 7) is 2.64. The van der Waals surface area contributed by atoms with Crippen LogP contribution < -0.4 is 20.2 Å². The lowest BCUT2D eigenvalue weighted by molar-refractivity contribution is 0.0734. The molecule has 2 N–H and O–H groups in total. The van der Waals surface area contributed by atoms with Gasteiger partial charge in [-0.15, -0.1) is 0 Å². The van der Waals surface area contributed by atoms with Crippen molar-refractivity contribution in [2.75, 3.05) is 11.9 Å². The van der Waals surface area contributed by atoms with Crippen molar-refractivity contribution < 1.29 is 18.7 Å². The Labute approximate surface area is 204 Å². The number of rotatable bonds is 8. The van der Waals surface area contributed by atoms with Crippen LogP contribution in [0.25, 0.3) is 0 Å². The Morgan fingerprint density at radius 2 is 1.85 bits per heavy atom. The van der Waals surface area contributed by atoms with Crippen LogP contribution in [0.4, 0.5) is 10.1 Å². The maximum absolute atomic E-state index is 13.0. The molecule has 0 radical (unpaired) electrons. The number of halogens is 2. The second kappa shape index (κ2) is 12.1. The fourth-order valence-electron chi connectivity index (χ4n) is 2.63. The molecule has 3 aromatic rings. The van der Waals surface area contributed by atoms with E-state index in [1.165, 1.54) is 18.3 Å². The molecule has 0 atom stereocenters. The first-order chi connectivity index (χ1) is 15.9. The second-order valence-corrected chi connectivity index (χ2v) is 8.10. The number of anilines is 1. The van der Waals surface area contributed by atoms with Crippen LogP contribution in [0.3, 0.4) is 0 Å². The van der Waals surface area contributed by atoms with Gasteiger partial charge in [-0.1, -0.05) is 22.9 Å². The van der Waals surface area contributed by atoms with Crippen LogP contribution in [-0.4, -0.2) is 23.9 Å². The molecule has 0 unspecified atom stereocenters. The van der Waals surface area contributed by atoms with Crippen molar-refractivity contribution in [3.8, 4) is 11.5 Å². The molecule has 0 aliphatic rings. The SMILES string of the molecule is CCCOc1ccc(C(=O)Oc2ccc(Br)cc2C=NNC(=S)Nc2ccc(F)cc2)cc1. The molecule has 6 nitrogen and oxygen atoms in total. The van der Waals surface area contributed by atoms with Crippen LogP contribution in [0.1, 0.15) is 29.3 Å². The van der Waals surface area contributed by atoms with Gasteiger partial charge in [-0.05, 0) is 85.4 Å². The highest BCUT2D eigenvalue weighted by molar-refractivity contribution is 9.10. The zero-order chi connectivity index (χ0) is 23.6. The molecular formula is C24H21BrFN3O3S. The number of benzene rings is 3. The average Bonchev–Trinajstić information content (AvgIpc) is 2.81. The molecule has 0 aromatic heterocycles. The Hall–Kier alpha value is -3.30. The highest BCUT2D eigenvalue weighted by Crippen LogP contribution is 2.23. The molecule has 0 aliphatic carbocycles. The highest BCUT2D eigenvalue weighted by atomic mass is 79.9. The minimum absolute atomic E-state index is 0.219. The zero-order valence-electron chi connectivity index (χ0n) is 17.7. The molecule has 3 rings (SSSR count). The first-order valence-corrected chi connectivity index (χ1v) is 11.2. The van der Waals surface area contributed by atoms with E-state index in [0.29, 0.717) is 34.9 Å². The number of thiocarbonyl (C=S) groups is 1. The van der Waals surface area contributed by atoms with E-state index in [0.717, 1.165) is 10.9 Å². The number of nitrogens with zero attached hydrogens (tertiary/aromatic N) is 1. The molecule has 0 bridgehead atoms. The van der Waals surface area contributed by atoms with Crippen LogP contribution in [0.2, 0.25) is 0 Å². The first-order valence-electron chi connectivity index (χ1n) is 10.0. The first kappa shape index (κ1) is 24.3. The minimum Gasteiger partial charge on any atom is -0.494 e. The summed E-state index contributed by atoms with van der Waals surface area (Å²) in [4.78, 5) is 12.6. The smallest absolute Gasteiger partial charge is 0.343 e. The number of esters is 1. The summed E-state index contributed by atoms with van der Waals surface area (Å²) in [5.41, 5.74) is 4.24. The van der Waals surface area contributed by atoms with Crippen LogP contribution in [0.5, 0.6) is 11.5 Å². The number of carbonyl (C=O) groups excluding carboxylic acids is 1. The number of hydrazone groups is 1. The minimum atomic E-state index is -0.504. The maximum atomic E-state index is 13.0. The lowest BCUT2D eigenvalue weighted by atomic mass is 10.2. The van der Waals surface area contributed by atoms with E-state index in [1.807, 2.05) is 6.92 Å². The predicted octanol–water partition coefficient (Wildman–Crippen LogP) is 5.92. The molecule has 3 aromatic carbocycles. The topological polar surface area (TPSA) is 72.0 Å². The van der Waals surface area contributed by atoms with Gasteiger partial charge in [0.05, 0.1) is 18.4 Å². The molecule has 0 amide bonds. The fraction of sp³-hybridized carbons (Fsp3) is 0.125. The summed E-state index contributed by atoms with van der Waals surface area (Å²) in [6.07, 6.45) is 2.38. The van der Waals surface area contributed by atoms with Crippen molar-refractivity contribution in [1.82, 2.24) is 5.43 Å². The zero-order valence-corrected chi connectivity index (χ0v) is 20.1. The van der Waals surface area contributed by atoms with Crippen LogP contribution >= 0.6 is 28.1 Å². The highest BCUT2D eigenvalue weighted by Gasteiger charge is 2.12. The van der Waals surface area contributed by atoms with Crippen LogP contribution in [-0.2, 0) is 0 Å². The van der Waals surface area contributed by atoms with E-state index in [2.05, 4.69) is 31.8 Å². The van der Waals surface area contributed by atoms with Gasteiger partial charge in [0.2, 0.25) is 0 Å².